The minimum Gasteiger partial charge on any atom is -0.468 e. The number of thioether (sulfide) groups is 1. The number of esters is 1. The number of rotatable bonds is 4. The van der Waals surface area contributed by atoms with E-state index in [1.54, 1.807) is 0 Å². The number of amides is 4. The number of hydrogen-bond donors (Lipinski definition) is 1. The number of quaternary nitrogens is 1. The highest BCUT2D eigenvalue weighted by Gasteiger charge is 2.61. The third-order valence-corrected chi connectivity index (χ3v) is 8.83. The molecule has 2 aliphatic heterocycles. The summed E-state index contributed by atoms with van der Waals surface area (Å²) in [5.41, 5.74) is -0.449. The molecule has 1 N–H and O–H groups in total. The minimum absolute atomic E-state index is 0.139. The first-order chi connectivity index (χ1) is 13.9. The number of nitrogens with one attached hydrogen (secondary N) is 1. The SMILES string of the molecule is COC(=O)[C@@H]1C[NH+](CN2C(=O)C(=O)N(C34CC5CC(CC(C5)C3)C4)C2=O)CCS1. The second kappa shape index (κ2) is 6.97. The molecule has 4 aliphatic carbocycles. The normalized spacial score (nSPS) is 41.4. The van der Waals surface area contributed by atoms with Gasteiger partial charge in [-0.15, -0.1) is 11.8 Å². The highest BCUT2D eigenvalue weighted by molar-refractivity contribution is 8.00. The maximum atomic E-state index is 13.3. The molecule has 6 rings (SSSR count). The zero-order valence-corrected chi connectivity index (χ0v) is 17.5. The molecule has 4 bridgehead atoms. The van der Waals surface area contributed by atoms with Crippen LogP contribution >= 0.6 is 11.8 Å². The smallest absolute Gasteiger partial charge is 0.339 e. The molecule has 6 aliphatic rings. The van der Waals surface area contributed by atoms with E-state index in [0.29, 0.717) is 24.3 Å². The van der Waals surface area contributed by atoms with Crippen molar-refractivity contribution in [3.05, 3.63) is 0 Å². The highest BCUT2D eigenvalue weighted by atomic mass is 32.2. The Morgan fingerprint density at radius 2 is 1.72 bits per heavy atom. The van der Waals surface area contributed by atoms with Crippen LogP contribution < -0.4 is 4.90 Å². The first-order valence-corrected chi connectivity index (χ1v) is 11.7. The van der Waals surface area contributed by atoms with E-state index < -0.39 is 23.4 Å². The standard InChI is InChI=1S/C20H27N3O5S/c1-28-18(26)15-10-21(2-3-29-15)11-22-16(24)17(25)23(19(22)27)20-7-12-4-13(8-20)6-14(5-12)9-20/h12-15H,2-11H2,1H3/p+1/t12?,13?,14?,15-,20?/m0/s1. The summed E-state index contributed by atoms with van der Waals surface area (Å²) in [5, 5.41) is -0.300. The molecule has 6 fully saturated rings. The first-order valence-electron chi connectivity index (χ1n) is 10.6. The molecule has 2 saturated heterocycles. The van der Waals surface area contributed by atoms with E-state index in [9.17, 15) is 19.2 Å². The zero-order valence-electron chi connectivity index (χ0n) is 16.7. The highest BCUT2D eigenvalue weighted by Crippen LogP contribution is 2.58. The van der Waals surface area contributed by atoms with Gasteiger partial charge in [-0.2, -0.15) is 0 Å². The molecule has 0 aromatic rings. The summed E-state index contributed by atoms with van der Waals surface area (Å²) < 4.78 is 4.84. The lowest BCUT2D eigenvalue weighted by atomic mass is 9.52. The monoisotopic (exact) mass is 422 g/mol. The Kier molecular flexibility index (Phi) is 4.66. The van der Waals surface area contributed by atoms with Gasteiger partial charge in [0.2, 0.25) is 0 Å². The third kappa shape index (κ3) is 3.08. The van der Waals surface area contributed by atoms with Crippen molar-refractivity contribution in [2.24, 2.45) is 17.8 Å². The Hall–Kier alpha value is -1.61. The van der Waals surface area contributed by atoms with Crippen LogP contribution in [0.4, 0.5) is 4.79 Å². The van der Waals surface area contributed by atoms with E-state index in [0.717, 1.165) is 41.4 Å². The predicted molar refractivity (Wildman–Crippen MR) is 104 cm³/mol. The molecular formula is C20H28N3O5S+. The maximum absolute atomic E-state index is 13.3. The quantitative estimate of drug-likeness (QED) is 0.386. The van der Waals surface area contributed by atoms with Gasteiger partial charge in [0.1, 0.15) is 6.54 Å². The van der Waals surface area contributed by atoms with Crippen molar-refractivity contribution in [1.29, 1.82) is 0 Å². The number of carbonyl (C=O) groups excluding carboxylic acids is 4. The fraction of sp³-hybridized carbons (Fsp3) is 0.800. The van der Waals surface area contributed by atoms with Crippen LogP contribution in [0.5, 0.6) is 0 Å². The predicted octanol–water partition coefficient (Wildman–Crippen LogP) is -0.123. The van der Waals surface area contributed by atoms with E-state index in [1.165, 1.54) is 43.0 Å². The van der Waals surface area contributed by atoms with Crippen molar-refractivity contribution in [2.75, 3.05) is 32.6 Å². The van der Waals surface area contributed by atoms with Crippen molar-refractivity contribution in [1.82, 2.24) is 9.80 Å². The van der Waals surface area contributed by atoms with Crippen LogP contribution in [-0.4, -0.2) is 77.0 Å². The molecule has 0 radical (unpaired) electrons. The molecular weight excluding hydrogens is 394 g/mol. The number of hydrogen-bond acceptors (Lipinski definition) is 6. The Bertz CT molecular complexity index is 736. The lowest BCUT2D eigenvalue weighted by Crippen LogP contribution is -3.16. The van der Waals surface area contributed by atoms with Crippen LogP contribution in [0.3, 0.4) is 0 Å². The Labute approximate surface area is 174 Å². The Morgan fingerprint density at radius 3 is 2.31 bits per heavy atom. The number of methoxy groups -OCH3 is 1. The van der Waals surface area contributed by atoms with Crippen molar-refractivity contribution < 1.29 is 28.8 Å². The molecule has 0 aromatic heterocycles. The van der Waals surface area contributed by atoms with Gasteiger partial charge in [0.05, 0.1) is 19.2 Å². The second-order valence-electron chi connectivity index (χ2n) is 9.54. The molecule has 0 spiro atoms. The fourth-order valence-electron chi connectivity index (χ4n) is 6.82. The number of carbonyl (C=O) groups is 4. The summed E-state index contributed by atoms with van der Waals surface area (Å²) >= 11 is 1.54. The lowest BCUT2D eigenvalue weighted by molar-refractivity contribution is -0.905. The minimum atomic E-state index is -0.703. The molecule has 0 aromatic carbocycles. The molecule has 1 unspecified atom stereocenters. The van der Waals surface area contributed by atoms with Crippen molar-refractivity contribution in [2.45, 2.75) is 49.3 Å². The van der Waals surface area contributed by atoms with Gasteiger partial charge in [-0.1, -0.05) is 0 Å². The van der Waals surface area contributed by atoms with Gasteiger partial charge in [0.15, 0.2) is 11.9 Å². The number of ether oxygens (including phenoxy) is 1. The van der Waals surface area contributed by atoms with Crippen LogP contribution in [0, 0.1) is 17.8 Å². The van der Waals surface area contributed by atoms with E-state index >= 15 is 0 Å². The summed E-state index contributed by atoms with van der Waals surface area (Å²) in [7, 11) is 1.37. The van der Waals surface area contributed by atoms with E-state index in [2.05, 4.69) is 0 Å². The summed E-state index contributed by atoms with van der Waals surface area (Å²) in [4.78, 5) is 54.3. The average Bonchev–Trinajstić information content (AvgIpc) is 2.90. The summed E-state index contributed by atoms with van der Waals surface area (Å²) in [5.74, 6) is 0.860. The van der Waals surface area contributed by atoms with Crippen LogP contribution in [-0.2, 0) is 19.1 Å². The van der Waals surface area contributed by atoms with Crippen molar-refractivity contribution in [3.63, 3.8) is 0 Å². The molecule has 29 heavy (non-hydrogen) atoms. The molecule has 2 atom stereocenters. The van der Waals surface area contributed by atoms with Gasteiger partial charge in [0, 0.05) is 5.75 Å². The molecule has 9 heteroatoms. The number of imide groups is 2. The summed E-state index contributed by atoms with van der Waals surface area (Å²) in [6.07, 6.45) is 6.19. The molecule has 2 heterocycles. The Balaban J connectivity index is 1.33. The van der Waals surface area contributed by atoms with Gasteiger partial charge >= 0.3 is 23.8 Å². The van der Waals surface area contributed by atoms with Crippen LogP contribution in [0.1, 0.15) is 38.5 Å². The molecule has 158 valence electrons. The topological polar surface area (TPSA) is 88.4 Å². The lowest BCUT2D eigenvalue weighted by Gasteiger charge is -2.58. The van der Waals surface area contributed by atoms with Gasteiger partial charge < -0.3 is 9.64 Å². The Morgan fingerprint density at radius 1 is 1.10 bits per heavy atom. The first kappa shape index (κ1) is 19.4. The number of nitrogens with zero attached hydrogens (tertiary/aromatic N) is 2. The van der Waals surface area contributed by atoms with Gasteiger partial charge in [0.25, 0.3) is 0 Å². The molecule has 8 nitrogen and oxygen atoms in total. The largest absolute Gasteiger partial charge is 0.468 e. The van der Waals surface area contributed by atoms with Gasteiger partial charge in [-0.25, -0.2) is 14.6 Å². The van der Waals surface area contributed by atoms with Crippen LogP contribution in [0.2, 0.25) is 0 Å². The van der Waals surface area contributed by atoms with E-state index in [-0.39, 0.29) is 17.9 Å². The molecule has 4 saturated carbocycles. The van der Waals surface area contributed by atoms with E-state index in [1.807, 2.05) is 0 Å². The van der Waals surface area contributed by atoms with E-state index in [4.69, 9.17) is 4.74 Å². The van der Waals surface area contributed by atoms with Gasteiger partial charge in [-0.3, -0.25) is 14.4 Å². The van der Waals surface area contributed by atoms with Gasteiger partial charge in [-0.05, 0) is 56.3 Å². The molecule has 4 amide bonds. The van der Waals surface area contributed by atoms with Crippen LogP contribution in [0.15, 0.2) is 0 Å². The van der Waals surface area contributed by atoms with Crippen molar-refractivity contribution in [3.8, 4) is 0 Å². The van der Waals surface area contributed by atoms with Crippen molar-refractivity contribution >= 4 is 35.6 Å². The number of urea groups is 1. The second-order valence-corrected chi connectivity index (χ2v) is 10.9. The third-order valence-electron chi connectivity index (χ3n) is 7.63. The summed E-state index contributed by atoms with van der Waals surface area (Å²) in [6.45, 7) is 1.36. The van der Waals surface area contributed by atoms with Crippen LogP contribution in [0.25, 0.3) is 0 Å². The zero-order chi connectivity index (χ0) is 20.3. The summed E-state index contributed by atoms with van der Waals surface area (Å²) in [6, 6.07) is -0.442. The fourth-order valence-corrected chi connectivity index (χ4v) is 8.10. The average molecular weight is 423 g/mol. The maximum Gasteiger partial charge on any atom is 0.339 e.